The Bertz CT molecular complexity index is 750. The van der Waals surface area contributed by atoms with Crippen molar-refractivity contribution in [3.8, 4) is 11.3 Å². The molecular weight excluding hydrogens is 358 g/mol. The Hall–Kier alpha value is -1.66. The van der Waals surface area contributed by atoms with Gasteiger partial charge in [-0.05, 0) is 12.1 Å². The standard InChI is InChI=1S/C17H18BrN3O2/c1-11(22)20-7-6-16-15(9-20)17(12-2-4-13(18)5-3-12)19-21(16)8-14-10-23-14/h2-5,14H,6-10H2,1H3/t14-/m0/s1. The van der Waals surface area contributed by atoms with E-state index < -0.39 is 0 Å². The number of rotatable bonds is 3. The molecule has 1 saturated heterocycles. The molecular formula is C17H18BrN3O2. The van der Waals surface area contributed by atoms with Crippen LogP contribution in [-0.2, 0) is 29.0 Å². The highest BCUT2D eigenvalue weighted by atomic mass is 79.9. The Kier molecular flexibility index (Phi) is 3.73. The Labute approximate surface area is 143 Å². The normalized spacial score (nSPS) is 19.6. The van der Waals surface area contributed by atoms with Gasteiger partial charge in [-0.15, -0.1) is 0 Å². The second-order valence-corrected chi connectivity index (χ2v) is 7.02. The minimum Gasteiger partial charge on any atom is -0.371 e. The van der Waals surface area contributed by atoms with E-state index in [9.17, 15) is 4.79 Å². The predicted octanol–water partition coefficient (Wildman–Crippen LogP) is 2.62. The van der Waals surface area contributed by atoms with Gasteiger partial charge in [0.15, 0.2) is 0 Å². The van der Waals surface area contributed by atoms with Gasteiger partial charge in [0, 0.05) is 47.7 Å². The zero-order valence-electron chi connectivity index (χ0n) is 13.0. The maximum absolute atomic E-state index is 11.8. The van der Waals surface area contributed by atoms with E-state index in [4.69, 9.17) is 9.84 Å². The SMILES string of the molecule is CC(=O)N1CCc2c(c(-c3ccc(Br)cc3)nn2C[C@H]2CO2)C1. The lowest BCUT2D eigenvalue weighted by atomic mass is 10.0. The molecule has 1 aromatic heterocycles. The summed E-state index contributed by atoms with van der Waals surface area (Å²) in [6, 6.07) is 8.18. The predicted molar refractivity (Wildman–Crippen MR) is 89.9 cm³/mol. The van der Waals surface area contributed by atoms with Crippen LogP contribution in [-0.4, -0.2) is 39.8 Å². The van der Waals surface area contributed by atoms with Crippen molar-refractivity contribution in [2.75, 3.05) is 13.2 Å². The smallest absolute Gasteiger partial charge is 0.219 e. The van der Waals surface area contributed by atoms with Gasteiger partial charge < -0.3 is 9.64 Å². The van der Waals surface area contributed by atoms with Crippen molar-refractivity contribution in [1.82, 2.24) is 14.7 Å². The first-order valence-electron chi connectivity index (χ1n) is 7.83. The summed E-state index contributed by atoms with van der Waals surface area (Å²) in [4.78, 5) is 13.7. The monoisotopic (exact) mass is 375 g/mol. The Morgan fingerprint density at radius 1 is 1.39 bits per heavy atom. The molecule has 1 fully saturated rings. The number of epoxide rings is 1. The molecule has 0 radical (unpaired) electrons. The van der Waals surface area contributed by atoms with Crippen LogP contribution in [0, 0.1) is 0 Å². The van der Waals surface area contributed by atoms with E-state index in [1.54, 1.807) is 6.92 Å². The molecule has 0 saturated carbocycles. The van der Waals surface area contributed by atoms with Gasteiger partial charge in [0.1, 0.15) is 6.10 Å². The van der Waals surface area contributed by atoms with Gasteiger partial charge in [0.05, 0.1) is 18.8 Å². The van der Waals surface area contributed by atoms with Gasteiger partial charge in [-0.25, -0.2) is 0 Å². The highest BCUT2D eigenvalue weighted by Gasteiger charge is 2.30. The third-order valence-electron chi connectivity index (χ3n) is 4.48. The van der Waals surface area contributed by atoms with Crippen LogP contribution in [0.2, 0.25) is 0 Å². The second kappa shape index (κ2) is 5.76. The maximum Gasteiger partial charge on any atom is 0.219 e. The van der Waals surface area contributed by atoms with Crippen molar-refractivity contribution in [3.05, 3.63) is 40.0 Å². The molecule has 6 heteroatoms. The van der Waals surface area contributed by atoms with Gasteiger partial charge in [-0.2, -0.15) is 5.10 Å². The number of amides is 1. The summed E-state index contributed by atoms with van der Waals surface area (Å²) in [5.74, 6) is 0.121. The van der Waals surface area contributed by atoms with Crippen molar-refractivity contribution >= 4 is 21.8 Å². The lowest BCUT2D eigenvalue weighted by molar-refractivity contribution is -0.129. The van der Waals surface area contributed by atoms with E-state index in [0.29, 0.717) is 12.6 Å². The zero-order chi connectivity index (χ0) is 16.0. The van der Waals surface area contributed by atoms with Crippen molar-refractivity contribution in [1.29, 1.82) is 0 Å². The number of benzene rings is 1. The Balaban J connectivity index is 1.76. The molecule has 0 N–H and O–H groups in total. The Morgan fingerprint density at radius 3 is 2.78 bits per heavy atom. The number of nitrogens with zero attached hydrogens (tertiary/aromatic N) is 3. The zero-order valence-corrected chi connectivity index (χ0v) is 14.5. The fourth-order valence-corrected chi connectivity index (χ4v) is 3.38. The average Bonchev–Trinajstić information content (AvgIpc) is 3.29. The molecule has 1 aromatic carbocycles. The summed E-state index contributed by atoms with van der Waals surface area (Å²) >= 11 is 3.47. The van der Waals surface area contributed by atoms with E-state index in [1.807, 2.05) is 17.0 Å². The molecule has 0 aliphatic carbocycles. The molecule has 3 heterocycles. The van der Waals surface area contributed by atoms with Crippen LogP contribution in [0.3, 0.4) is 0 Å². The first kappa shape index (κ1) is 14.9. The molecule has 4 rings (SSSR count). The third kappa shape index (κ3) is 2.93. The second-order valence-electron chi connectivity index (χ2n) is 6.11. The van der Waals surface area contributed by atoms with Crippen LogP contribution < -0.4 is 0 Å². The van der Waals surface area contributed by atoms with Gasteiger partial charge >= 0.3 is 0 Å². The average molecular weight is 376 g/mol. The number of hydrogen-bond acceptors (Lipinski definition) is 3. The maximum atomic E-state index is 11.8. The van der Waals surface area contributed by atoms with Crippen LogP contribution in [0.25, 0.3) is 11.3 Å². The number of halogens is 1. The van der Waals surface area contributed by atoms with E-state index in [-0.39, 0.29) is 5.91 Å². The van der Waals surface area contributed by atoms with Gasteiger partial charge in [0.2, 0.25) is 5.91 Å². The van der Waals surface area contributed by atoms with Crippen LogP contribution in [0.5, 0.6) is 0 Å². The molecule has 0 unspecified atom stereocenters. The molecule has 1 amide bonds. The summed E-state index contributed by atoms with van der Waals surface area (Å²) in [5.41, 5.74) is 4.50. The minimum atomic E-state index is 0.121. The molecule has 23 heavy (non-hydrogen) atoms. The molecule has 2 aliphatic rings. The van der Waals surface area contributed by atoms with Gasteiger partial charge in [-0.1, -0.05) is 28.1 Å². The molecule has 2 aromatic rings. The number of carbonyl (C=O) groups is 1. The van der Waals surface area contributed by atoms with E-state index in [2.05, 4.69) is 32.7 Å². The van der Waals surface area contributed by atoms with E-state index >= 15 is 0 Å². The number of aromatic nitrogens is 2. The number of ether oxygens (including phenoxy) is 1. The van der Waals surface area contributed by atoms with Crippen molar-refractivity contribution < 1.29 is 9.53 Å². The minimum absolute atomic E-state index is 0.121. The van der Waals surface area contributed by atoms with Crippen LogP contribution in [0.15, 0.2) is 28.7 Å². The lowest BCUT2D eigenvalue weighted by Crippen LogP contribution is -2.34. The summed E-state index contributed by atoms with van der Waals surface area (Å²) in [5, 5.41) is 4.85. The van der Waals surface area contributed by atoms with E-state index in [0.717, 1.165) is 41.8 Å². The van der Waals surface area contributed by atoms with Crippen LogP contribution in [0.4, 0.5) is 0 Å². The Morgan fingerprint density at radius 2 is 2.13 bits per heavy atom. The largest absolute Gasteiger partial charge is 0.371 e. The molecule has 120 valence electrons. The summed E-state index contributed by atoms with van der Waals surface area (Å²) in [6.07, 6.45) is 1.15. The van der Waals surface area contributed by atoms with Gasteiger partial charge in [-0.3, -0.25) is 9.48 Å². The van der Waals surface area contributed by atoms with E-state index in [1.165, 1.54) is 11.3 Å². The van der Waals surface area contributed by atoms with Crippen molar-refractivity contribution in [2.45, 2.75) is 32.5 Å². The lowest BCUT2D eigenvalue weighted by Gasteiger charge is -2.26. The third-order valence-corrected chi connectivity index (χ3v) is 5.00. The van der Waals surface area contributed by atoms with Crippen LogP contribution in [0.1, 0.15) is 18.2 Å². The van der Waals surface area contributed by atoms with Crippen LogP contribution >= 0.6 is 15.9 Å². The highest BCUT2D eigenvalue weighted by Crippen LogP contribution is 2.31. The molecule has 0 spiro atoms. The highest BCUT2D eigenvalue weighted by molar-refractivity contribution is 9.10. The van der Waals surface area contributed by atoms with Crippen molar-refractivity contribution in [2.24, 2.45) is 0 Å². The number of hydrogen-bond donors (Lipinski definition) is 0. The number of carbonyl (C=O) groups excluding carboxylic acids is 1. The fourth-order valence-electron chi connectivity index (χ4n) is 3.12. The molecule has 0 bridgehead atoms. The quantitative estimate of drug-likeness (QED) is 0.774. The summed E-state index contributed by atoms with van der Waals surface area (Å²) < 4.78 is 8.49. The summed E-state index contributed by atoms with van der Waals surface area (Å²) in [7, 11) is 0. The fraction of sp³-hybridized carbons (Fsp3) is 0.412. The molecule has 1 atom stereocenters. The molecule has 5 nitrogen and oxygen atoms in total. The topological polar surface area (TPSA) is 50.7 Å². The van der Waals surface area contributed by atoms with Gasteiger partial charge in [0.25, 0.3) is 0 Å². The number of fused-ring (bicyclic) bond motifs is 1. The first-order chi connectivity index (χ1) is 11.1. The van der Waals surface area contributed by atoms with Crippen molar-refractivity contribution in [3.63, 3.8) is 0 Å². The summed E-state index contributed by atoms with van der Waals surface area (Å²) in [6.45, 7) is 4.66. The molecule has 2 aliphatic heterocycles. The first-order valence-corrected chi connectivity index (χ1v) is 8.62.